The van der Waals surface area contributed by atoms with Gasteiger partial charge in [-0.15, -0.1) is 11.3 Å². The van der Waals surface area contributed by atoms with E-state index in [0.29, 0.717) is 10.7 Å². The van der Waals surface area contributed by atoms with Crippen molar-refractivity contribution < 1.29 is 14.7 Å². The van der Waals surface area contributed by atoms with E-state index in [1.54, 1.807) is 30.6 Å². The summed E-state index contributed by atoms with van der Waals surface area (Å²) in [6.07, 6.45) is 2.91. The fraction of sp³-hybridized carbons (Fsp3) is 0.615. The quantitative estimate of drug-likeness (QED) is 0.802. The summed E-state index contributed by atoms with van der Waals surface area (Å²) in [5, 5.41) is 12.4. The van der Waals surface area contributed by atoms with E-state index < -0.39 is 5.97 Å². The predicted octanol–water partition coefficient (Wildman–Crippen LogP) is 2.43. The molecule has 0 saturated carbocycles. The van der Waals surface area contributed by atoms with Gasteiger partial charge < -0.3 is 15.3 Å². The first-order valence-corrected chi connectivity index (χ1v) is 8.80. The van der Waals surface area contributed by atoms with Crippen LogP contribution in [0.3, 0.4) is 0 Å². The second kappa shape index (κ2) is 8.23. The van der Waals surface area contributed by atoms with Gasteiger partial charge in [-0.05, 0) is 19.6 Å². The monoisotopic (exact) mass is 331 g/mol. The third-order valence-electron chi connectivity index (χ3n) is 3.12. The molecule has 0 aromatic carbocycles. The number of urea groups is 1. The van der Waals surface area contributed by atoms with Crippen LogP contribution in [0.15, 0.2) is 0 Å². The van der Waals surface area contributed by atoms with Crippen LogP contribution < -0.4 is 5.32 Å². The van der Waals surface area contributed by atoms with Crippen LogP contribution in [0.2, 0.25) is 0 Å². The van der Waals surface area contributed by atoms with Gasteiger partial charge in [0.2, 0.25) is 0 Å². The van der Waals surface area contributed by atoms with E-state index in [1.165, 1.54) is 0 Å². The number of carboxylic acids is 1. The van der Waals surface area contributed by atoms with Crippen molar-refractivity contribution in [1.29, 1.82) is 0 Å². The van der Waals surface area contributed by atoms with Crippen LogP contribution in [0.1, 0.15) is 33.7 Å². The number of hydrogen-bond donors (Lipinski definition) is 2. The molecule has 0 radical (unpaired) electrons. The second-order valence-corrected chi connectivity index (χ2v) is 6.61. The van der Waals surface area contributed by atoms with Crippen LogP contribution in [0.25, 0.3) is 0 Å². The van der Waals surface area contributed by atoms with Crippen molar-refractivity contribution in [2.24, 2.45) is 0 Å². The molecule has 1 aromatic heterocycles. The number of thiazole rings is 1. The van der Waals surface area contributed by atoms with E-state index >= 15 is 0 Å². The third kappa shape index (κ3) is 4.89. The molecule has 2 amide bonds. The van der Waals surface area contributed by atoms with E-state index in [9.17, 15) is 9.59 Å². The molecule has 0 aliphatic carbocycles. The fourth-order valence-corrected chi connectivity index (χ4v) is 3.55. The molecule has 6 nitrogen and oxygen atoms in total. The van der Waals surface area contributed by atoms with Crippen molar-refractivity contribution in [3.8, 4) is 0 Å². The van der Waals surface area contributed by atoms with Gasteiger partial charge >= 0.3 is 12.0 Å². The minimum atomic E-state index is -0.981. The topological polar surface area (TPSA) is 82.5 Å². The average molecular weight is 331 g/mol. The second-order valence-electron chi connectivity index (χ2n) is 4.61. The standard InChI is InChI=1S/C13H21N3O3S2/c1-5-9(7-20-4)16(3)13(19)14-6-10-15-8(2)11(21-10)12(17)18/h9H,5-7H2,1-4H3,(H,14,19)(H,17,18). The highest BCUT2D eigenvalue weighted by Crippen LogP contribution is 2.18. The van der Waals surface area contributed by atoms with Gasteiger partial charge in [0.15, 0.2) is 0 Å². The van der Waals surface area contributed by atoms with Crippen LogP contribution in [0.5, 0.6) is 0 Å². The van der Waals surface area contributed by atoms with Crippen molar-refractivity contribution in [2.45, 2.75) is 32.9 Å². The van der Waals surface area contributed by atoms with Crippen LogP contribution >= 0.6 is 23.1 Å². The molecule has 0 spiro atoms. The summed E-state index contributed by atoms with van der Waals surface area (Å²) < 4.78 is 0. The molecule has 1 heterocycles. The normalized spacial score (nSPS) is 12.0. The first kappa shape index (κ1) is 17.8. The number of carbonyl (C=O) groups excluding carboxylic acids is 1. The Balaban J connectivity index is 2.60. The highest BCUT2D eigenvalue weighted by atomic mass is 32.2. The molecule has 2 N–H and O–H groups in total. The van der Waals surface area contributed by atoms with Gasteiger partial charge in [0, 0.05) is 18.8 Å². The number of aromatic carboxylic acids is 1. The molecule has 0 fully saturated rings. The summed E-state index contributed by atoms with van der Waals surface area (Å²) in [4.78, 5) is 29.1. The number of aromatic nitrogens is 1. The molecule has 8 heteroatoms. The van der Waals surface area contributed by atoms with Gasteiger partial charge in [-0.25, -0.2) is 14.6 Å². The van der Waals surface area contributed by atoms with Crippen molar-refractivity contribution in [3.05, 3.63) is 15.6 Å². The molecular weight excluding hydrogens is 310 g/mol. The lowest BCUT2D eigenvalue weighted by Crippen LogP contribution is -2.44. The molecule has 1 unspecified atom stereocenters. The number of nitrogens with one attached hydrogen (secondary N) is 1. The van der Waals surface area contributed by atoms with Gasteiger partial charge in [-0.2, -0.15) is 11.8 Å². The Labute approximate surface area is 132 Å². The zero-order chi connectivity index (χ0) is 16.0. The van der Waals surface area contributed by atoms with E-state index in [0.717, 1.165) is 23.5 Å². The molecular formula is C13H21N3O3S2. The molecule has 0 aliphatic rings. The number of amides is 2. The van der Waals surface area contributed by atoms with E-state index in [1.807, 2.05) is 13.2 Å². The highest BCUT2D eigenvalue weighted by molar-refractivity contribution is 7.98. The predicted molar refractivity (Wildman–Crippen MR) is 86.3 cm³/mol. The lowest BCUT2D eigenvalue weighted by molar-refractivity contribution is 0.0701. The first-order valence-electron chi connectivity index (χ1n) is 6.59. The van der Waals surface area contributed by atoms with Crippen molar-refractivity contribution in [1.82, 2.24) is 15.2 Å². The van der Waals surface area contributed by atoms with E-state index in [-0.39, 0.29) is 23.5 Å². The number of carboxylic acid groups (broad SMARTS) is 1. The van der Waals surface area contributed by atoms with E-state index in [4.69, 9.17) is 5.11 Å². The molecule has 0 saturated heterocycles. The Morgan fingerprint density at radius 2 is 2.19 bits per heavy atom. The van der Waals surface area contributed by atoms with Gasteiger partial charge in [0.1, 0.15) is 9.88 Å². The summed E-state index contributed by atoms with van der Waals surface area (Å²) in [6.45, 7) is 3.95. The molecule has 1 rings (SSSR count). The van der Waals surface area contributed by atoms with Gasteiger partial charge in [-0.1, -0.05) is 6.92 Å². The number of aryl methyl sites for hydroxylation is 1. The number of nitrogens with zero attached hydrogens (tertiary/aromatic N) is 2. The van der Waals surface area contributed by atoms with Crippen LogP contribution in [-0.2, 0) is 6.54 Å². The zero-order valence-corrected chi connectivity index (χ0v) is 14.3. The van der Waals surface area contributed by atoms with Gasteiger partial charge in [0.05, 0.1) is 12.2 Å². The summed E-state index contributed by atoms with van der Waals surface area (Å²) in [5.41, 5.74) is 0.485. The Bertz CT molecular complexity index is 505. The molecule has 21 heavy (non-hydrogen) atoms. The Kier molecular flexibility index (Phi) is 6.97. The van der Waals surface area contributed by atoms with Crippen molar-refractivity contribution in [2.75, 3.05) is 19.1 Å². The fourth-order valence-electron chi connectivity index (χ4n) is 1.86. The average Bonchev–Trinajstić information content (AvgIpc) is 2.82. The van der Waals surface area contributed by atoms with E-state index in [2.05, 4.69) is 10.3 Å². The summed E-state index contributed by atoms with van der Waals surface area (Å²) in [5.74, 6) is -0.0920. The molecule has 0 aliphatic heterocycles. The Hall–Kier alpha value is -1.28. The number of rotatable bonds is 7. The lowest BCUT2D eigenvalue weighted by atomic mass is 10.2. The smallest absolute Gasteiger partial charge is 0.347 e. The molecule has 0 bridgehead atoms. The summed E-state index contributed by atoms with van der Waals surface area (Å²) in [7, 11) is 1.77. The number of thioether (sulfide) groups is 1. The van der Waals surface area contributed by atoms with Crippen LogP contribution in [0, 0.1) is 6.92 Å². The highest BCUT2D eigenvalue weighted by Gasteiger charge is 2.19. The van der Waals surface area contributed by atoms with Crippen LogP contribution in [-0.4, -0.2) is 52.1 Å². The minimum Gasteiger partial charge on any atom is -0.477 e. The maximum Gasteiger partial charge on any atom is 0.347 e. The first-order chi connectivity index (χ1) is 9.90. The largest absolute Gasteiger partial charge is 0.477 e. The number of hydrogen-bond acceptors (Lipinski definition) is 5. The van der Waals surface area contributed by atoms with Crippen molar-refractivity contribution in [3.63, 3.8) is 0 Å². The molecule has 1 atom stereocenters. The summed E-state index contributed by atoms with van der Waals surface area (Å²) in [6, 6.07) is 0.0215. The Morgan fingerprint density at radius 1 is 1.52 bits per heavy atom. The zero-order valence-electron chi connectivity index (χ0n) is 12.7. The Morgan fingerprint density at radius 3 is 2.67 bits per heavy atom. The molecule has 118 valence electrons. The lowest BCUT2D eigenvalue weighted by Gasteiger charge is -2.26. The number of carbonyl (C=O) groups is 2. The van der Waals surface area contributed by atoms with Crippen molar-refractivity contribution >= 4 is 35.1 Å². The van der Waals surface area contributed by atoms with Gasteiger partial charge in [-0.3, -0.25) is 0 Å². The maximum atomic E-state index is 12.1. The molecule has 1 aromatic rings. The SMILES string of the molecule is CCC(CSC)N(C)C(=O)NCc1nc(C)c(C(=O)O)s1. The minimum absolute atomic E-state index is 0.166. The third-order valence-corrected chi connectivity index (χ3v) is 4.99. The maximum absolute atomic E-state index is 12.1. The van der Waals surface area contributed by atoms with Gasteiger partial charge in [0.25, 0.3) is 0 Å². The van der Waals surface area contributed by atoms with Crippen LogP contribution in [0.4, 0.5) is 4.79 Å². The summed E-state index contributed by atoms with van der Waals surface area (Å²) >= 11 is 2.80.